The number of alkyl halides is 1. The molecule has 4 heterocycles. The summed E-state index contributed by atoms with van der Waals surface area (Å²) < 4.78 is 30.1. The minimum atomic E-state index is -0.879. The van der Waals surface area contributed by atoms with Crippen LogP contribution in [-0.2, 0) is 4.74 Å². The molecule has 9 heteroatoms. The fraction of sp³-hybridized carbons (Fsp3) is 0.231. The lowest BCUT2D eigenvalue weighted by Crippen LogP contribution is -2.20. The quantitative estimate of drug-likeness (QED) is 0.383. The van der Waals surface area contributed by atoms with Gasteiger partial charge in [0.1, 0.15) is 29.3 Å². The molecule has 0 radical (unpaired) electrons. The Kier molecular flexibility index (Phi) is 5.79. The molecule has 8 nitrogen and oxygen atoms in total. The number of pyridine rings is 2. The number of hydrogen-bond acceptors (Lipinski definition) is 8. The van der Waals surface area contributed by atoms with Crippen molar-refractivity contribution in [3.8, 4) is 34.3 Å². The zero-order valence-electron chi connectivity index (χ0n) is 19.1. The molecule has 1 aliphatic rings. The van der Waals surface area contributed by atoms with Gasteiger partial charge in [-0.3, -0.25) is 4.98 Å². The van der Waals surface area contributed by atoms with E-state index in [1.54, 1.807) is 18.3 Å². The van der Waals surface area contributed by atoms with Gasteiger partial charge in [0.25, 0.3) is 0 Å². The molecule has 5 rings (SSSR count). The van der Waals surface area contributed by atoms with Gasteiger partial charge in [0.2, 0.25) is 0 Å². The molecule has 1 fully saturated rings. The second-order valence-corrected chi connectivity index (χ2v) is 8.12. The van der Waals surface area contributed by atoms with Crippen LogP contribution in [0.15, 0.2) is 53.2 Å². The average molecular weight is 472 g/mol. The van der Waals surface area contributed by atoms with Crippen molar-refractivity contribution in [1.82, 2.24) is 9.97 Å². The Balaban J connectivity index is 1.56. The van der Waals surface area contributed by atoms with Crippen molar-refractivity contribution < 1.29 is 23.1 Å². The van der Waals surface area contributed by atoms with Crippen LogP contribution >= 0.6 is 0 Å². The summed E-state index contributed by atoms with van der Waals surface area (Å²) in [5.74, 6) is 0.286. The number of fused-ring (bicyclic) bond motifs is 1. The van der Waals surface area contributed by atoms with Crippen molar-refractivity contribution in [3.05, 3.63) is 60.0 Å². The molecule has 176 valence electrons. The second kappa shape index (κ2) is 9.06. The van der Waals surface area contributed by atoms with E-state index in [1.807, 2.05) is 23.1 Å². The Bertz CT molecular complexity index is 1480. The summed E-state index contributed by atoms with van der Waals surface area (Å²) in [6, 6.07) is 12.8. The van der Waals surface area contributed by atoms with E-state index >= 15 is 0 Å². The Morgan fingerprint density at radius 3 is 2.77 bits per heavy atom. The topological polar surface area (TPSA) is 101 Å². The van der Waals surface area contributed by atoms with Crippen LogP contribution in [0.4, 0.5) is 10.1 Å². The number of rotatable bonds is 5. The maximum Gasteiger partial charge on any atom is 0.356 e. The smallest absolute Gasteiger partial charge is 0.356 e. The lowest BCUT2D eigenvalue weighted by molar-refractivity contribution is 0.0593. The molecule has 0 amide bonds. The highest BCUT2D eigenvalue weighted by Gasteiger charge is 2.24. The second-order valence-electron chi connectivity index (χ2n) is 8.12. The highest BCUT2D eigenvalue weighted by atomic mass is 19.1. The number of esters is 1. The number of ether oxygens (including phenoxy) is 2. The number of methoxy groups -OCH3 is 2. The molecule has 1 atom stereocenters. The standard InChI is InChI=1S/C26H21FN4O4/c1-33-23-11-21(26(32)34-2)30-13-19(23)24-10-20-25(35-24)18(5-7-29-20)15-3-4-22(16(9-15)12-28)31-8-6-17(27)14-31/h3-5,7,9-11,13,17H,6,8,14H2,1-2H3/t17-/m0/s1. The van der Waals surface area contributed by atoms with E-state index in [9.17, 15) is 14.4 Å². The lowest BCUT2D eigenvalue weighted by Gasteiger charge is -2.19. The van der Waals surface area contributed by atoms with Gasteiger partial charge >= 0.3 is 5.97 Å². The van der Waals surface area contributed by atoms with Crippen LogP contribution < -0.4 is 9.64 Å². The zero-order valence-corrected chi connectivity index (χ0v) is 19.1. The molecule has 0 bridgehead atoms. The fourth-order valence-electron chi connectivity index (χ4n) is 4.31. The summed E-state index contributed by atoms with van der Waals surface area (Å²) in [7, 11) is 2.77. The predicted octanol–water partition coefficient (Wildman–Crippen LogP) is 4.77. The number of benzene rings is 1. The van der Waals surface area contributed by atoms with Gasteiger partial charge in [0.05, 0.1) is 31.0 Å². The first-order valence-electron chi connectivity index (χ1n) is 11.0. The van der Waals surface area contributed by atoms with Gasteiger partial charge in [-0.2, -0.15) is 5.26 Å². The minimum absolute atomic E-state index is 0.115. The summed E-state index contributed by atoms with van der Waals surface area (Å²) >= 11 is 0. The van der Waals surface area contributed by atoms with Gasteiger partial charge in [0.15, 0.2) is 11.3 Å². The van der Waals surface area contributed by atoms with E-state index in [0.717, 1.165) is 16.8 Å². The SMILES string of the molecule is COC(=O)c1cc(OC)c(-c2cc3nccc(-c4ccc(N5CC[C@H](F)C5)c(C#N)c4)c3o2)cn1. The number of carbonyl (C=O) groups is 1. The van der Waals surface area contributed by atoms with Gasteiger partial charge in [-0.15, -0.1) is 0 Å². The first-order valence-corrected chi connectivity index (χ1v) is 11.0. The van der Waals surface area contributed by atoms with E-state index in [2.05, 4.69) is 16.0 Å². The van der Waals surface area contributed by atoms with Gasteiger partial charge in [-0.1, -0.05) is 6.07 Å². The van der Waals surface area contributed by atoms with Crippen molar-refractivity contribution in [2.24, 2.45) is 0 Å². The largest absolute Gasteiger partial charge is 0.496 e. The molecular weight excluding hydrogens is 451 g/mol. The Morgan fingerprint density at radius 2 is 2.06 bits per heavy atom. The van der Waals surface area contributed by atoms with Gasteiger partial charge in [-0.25, -0.2) is 14.2 Å². The van der Waals surface area contributed by atoms with Crippen molar-refractivity contribution in [3.63, 3.8) is 0 Å². The molecule has 0 N–H and O–H groups in total. The minimum Gasteiger partial charge on any atom is -0.496 e. The van der Waals surface area contributed by atoms with Crippen LogP contribution in [0.3, 0.4) is 0 Å². The number of anilines is 1. The lowest BCUT2D eigenvalue weighted by atomic mass is 10.0. The monoisotopic (exact) mass is 472 g/mol. The third-order valence-corrected chi connectivity index (χ3v) is 6.06. The van der Waals surface area contributed by atoms with Gasteiger partial charge in [0, 0.05) is 43.2 Å². The molecule has 35 heavy (non-hydrogen) atoms. The molecule has 4 aromatic rings. The molecule has 0 saturated carbocycles. The summed E-state index contributed by atoms with van der Waals surface area (Å²) in [6.07, 6.45) is 2.74. The fourth-order valence-corrected chi connectivity index (χ4v) is 4.31. The molecule has 1 aliphatic heterocycles. The number of aromatic nitrogens is 2. The Hall–Kier alpha value is -4.45. The predicted molar refractivity (Wildman–Crippen MR) is 127 cm³/mol. The van der Waals surface area contributed by atoms with Crippen molar-refractivity contribution in [2.45, 2.75) is 12.6 Å². The Labute approximate surface area is 200 Å². The number of nitrogens with zero attached hydrogens (tertiary/aromatic N) is 4. The molecule has 1 aromatic carbocycles. The van der Waals surface area contributed by atoms with E-state index in [4.69, 9.17) is 13.9 Å². The van der Waals surface area contributed by atoms with Crippen molar-refractivity contribution in [2.75, 3.05) is 32.2 Å². The van der Waals surface area contributed by atoms with Gasteiger partial charge in [-0.05, 0) is 30.2 Å². The summed E-state index contributed by atoms with van der Waals surface area (Å²) in [4.78, 5) is 22.3. The van der Waals surface area contributed by atoms with Crippen LogP contribution in [0.2, 0.25) is 0 Å². The van der Waals surface area contributed by atoms with Crippen molar-refractivity contribution in [1.29, 1.82) is 5.26 Å². The van der Waals surface area contributed by atoms with E-state index in [1.165, 1.54) is 26.5 Å². The number of carbonyl (C=O) groups excluding carboxylic acids is 1. The van der Waals surface area contributed by atoms with Crippen LogP contribution in [0, 0.1) is 11.3 Å². The van der Waals surface area contributed by atoms with Crippen molar-refractivity contribution >= 4 is 22.8 Å². The molecule has 0 spiro atoms. The summed E-state index contributed by atoms with van der Waals surface area (Å²) in [5.41, 5.74) is 4.53. The van der Waals surface area contributed by atoms with Crippen LogP contribution in [0.25, 0.3) is 33.6 Å². The number of furan rings is 1. The van der Waals surface area contributed by atoms with Crippen LogP contribution in [0.5, 0.6) is 5.75 Å². The third-order valence-electron chi connectivity index (χ3n) is 6.06. The Morgan fingerprint density at radius 1 is 1.20 bits per heavy atom. The summed E-state index contributed by atoms with van der Waals surface area (Å²) in [5, 5.41) is 9.76. The van der Waals surface area contributed by atoms with Crippen LogP contribution in [0.1, 0.15) is 22.5 Å². The first-order chi connectivity index (χ1) is 17.0. The zero-order chi connectivity index (χ0) is 24.5. The molecule has 1 saturated heterocycles. The number of nitriles is 1. The van der Waals surface area contributed by atoms with E-state index in [0.29, 0.717) is 53.2 Å². The summed E-state index contributed by atoms with van der Waals surface area (Å²) in [6.45, 7) is 0.876. The van der Waals surface area contributed by atoms with Gasteiger partial charge < -0.3 is 18.8 Å². The first kappa shape index (κ1) is 22.3. The molecular formula is C26H21FN4O4. The third kappa shape index (κ3) is 4.04. The number of halogens is 1. The highest BCUT2D eigenvalue weighted by molar-refractivity contribution is 5.94. The molecule has 3 aromatic heterocycles. The molecule has 0 aliphatic carbocycles. The van der Waals surface area contributed by atoms with Crippen LogP contribution in [-0.4, -0.2) is 49.4 Å². The highest BCUT2D eigenvalue weighted by Crippen LogP contribution is 2.38. The average Bonchev–Trinajstić information content (AvgIpc) is 3.53. The molecule has 0 unspecified atom stereocenters. The maximum atomic E-state index is 13.7. The maximum absolute atomic E-state index is 13.7. The van der Waals surface area contributed by atoms with E-state index < -0.39 is 12.1 Å². The number of hydrogen-bond donors (Lipinski definition) is 0. The van der Waals surface area contributed by atoms with E-state index in [-0.39, 0.29) is 5.69 Å². The normalized spacial score (nSPS) is 15.3.